The smallest absolute Gasteiger partial charge is 0.306 e. The molecule has 0 spiro atoms. The highest BCUT2D eigenvalue weighted by atomic mass is 16.5. The highest BCUT2D eigenvalue weighted by Gasteiger charge is 2.07. The van der Waals surface area contributed by atoms with E-state index in [2.05, 4.69) is 0 Å². The van der Waals surface area contributed by atoms with E-state index >= 15 is 0 Å². The average molecular weight is 202 g/mol. The minimum Gasteiger partial charge on any atom is -0.466 e. The molecule has 0 aliphatic rings. The number of hydrogen-bond donors (Lipinski definition) is 0. The third kappa shape index (κ3) is 7.58. The monoisotopic (exact) mass is 202 g/mol. The predicted octanol–water partition coefficient (Wildman–Crippen LogP) is 1.67. The summed E-state index contributed by atoms with van der Waals surface area (Å²) in [6.45, 7) is 4.68. The Hall–Kier alpha value is -1.06. The molecule has 0 aromatic rings. The summed E-state index contributed by atoms with van der Waals surface area (Å²) in [7, 11) is 0. The third-order valence-electron chi connectivity index (χ3n) is 1.47. The lowest BCUT2D eigenvalue weighted by Gasteiger charge is -2.03. The minimum atomic E-state index is -0.333. The van der Waals surface area contributed by atoms with Crippen LogP contribution < -0.4 is 0 Å². The first-order chi connectivity index (χ1) is 6.70. The Morgan fingerprint density at radius 1 is 0.857 bits per heavy atom. The molecule has 14 heavy (non-hydrogen) atoms. The Labute approximate surface area is 84.6 Å². The van der Waals surface area contributed by atoms with Gasteiger partial charge in [-0.2, -0.15) is 0 Å². The van der Waals surface area contributed by atoms with Crippen LogP contribution in [-0.4, -0.2) is 25.2 Å². The van der Waals surface area contributed by atoms with Gasteiger partial charge in [-0.25, -0.2) is 0 Å². The summed E-state index contributed by atoms with van der Waals surface area (Å²) in [5.74, 6) is -0.666. The van der Waals surface area contributed by atoms with Crippen LogP contribution in [0.15, 0.2) is 0 Å². The Balaban J connectivity index is 3.41. The van der Waals surface area contributed by atoms with Gasteiger partial charge in [0.2, 0.25) is 0 Å². The molecule has 0 aromatic heterocycles. The lowest BCUT2D eigenvalue weighted by molar-refractivity contribution is -0.150. The fraction of sp³-hybridized carbons (Fsp3) is 0.800. The Bertz CT molecular complexity index is 157. The zero-order valence-electron chi connectivity index (χ0n) is 8.88. The minimum absolute atomic E-state index is 0.114. The zero-order chi connectivity index (χ0) is 10.8. The summed E-state index contributed by atoms with van der Waals surface area (Å²) in [5, 5.41) is 0. The normalized spacial score (nSPS) is 9.57. The van der Waals surface area contributed by atoms with E-state index in [0.29, 0.717) is 13.2 Å². The molecule has 0 saturated heterocycles. The SMILES string of the molecule is CCCOC(=O)CCC(=O)OCCC. The molecule has 0 aliphatic heterocycles. The van der Waals surface area contributed by atoms with Crippen molar-refractivity contribution in [1.29, 1.82) is 0 Å². The van der Waals surface area contributed by atoms with Gasteiger partial charge in [0.15, 0.2) is 0 Å². The number of carbonyl (C=O) groups is 2. The van der Waals surface area contributed by atoms with Gasteiger partial charge >= 0.3 is 11.9 Å². The van der Waals surface area contributed by atoms with E-state index in [-0.39, 0.29) is 24.8 Å². The molecule has 0 radical (unpaired) electrons. The van der Waals surface area contributed by atoms with Gasteiger partial charge in [-0.05, 0) is 12.8 Å². The van der Waals surface area contributed by atoms with Gasteiger partial charge < -0.3 is 9.47 Å². The summed E-state index contributed by atoms with van der Waals surface area (Å²) in [6, 6.07) is 0. The maximum atomic E-state index is 11.0. The molecule has 0 bridgehead atoms. The number of ether oxygens (including phenoxy) is 2. The maximum Gasteiger partial charge on any atom is 0.306 e. The van der Waals surface area contributed by atoms with Crippen LogP contribution in [-0.2, 0) is 19.1 Å². The van der Waals surface area contributed by atoms with Crippen molar-refractivity contribution in [3.63, 3.8) is 0 Å². The summed E-state index contributed by atoms with van der Waals surface area (Å²) in [5.41, 5.74) is 0. The molecule has 0 N–H and O–H groups in total. The third-order valence-corrected chi connectivity index (χ3v) is 1.47. The van der Waals surface area contributed by atoms with Crippen LogP contribution in [0.5, 0.6) is 0 Å². The van der Waals surface area contributed by atoms with Crippen molar-refractivity contribution in [3.8, 4) is 0 Å². The zero-order valence-corrected chi connectivity index (χ0v) is 8.88. The van der Waals surface area contributed by atoms with Crippen molar-refractivity contribution >= 4 is 11.9 Å². The summed E-state index contributed by atoms with van der Waals surface area (Å²) >= 11 is 0. The van der Waals surface area contributed by atoms with E-state index in [9.17, 15) is 9.59 Å². The summed E-state index contributed by atoms with van der Waals surface area (Å²) in [6.07, 6.45) is 1.82. The van der Waals surface area contributed by atoms with Crippen LogP contribution in [0.2, 0.25) is 0 Å². The van der Waals surface area contributed by atoms with E-state index < -0.39 is 0 Å². The molecule has 82 valence electrons. The fourth-order valence-electron chi connectivity index (χ4n) is 0.780. The number of carbonyl (C=O) groups excluding carboxylic acids is 2. The quantitative estimate of drug-likeness (QED) is 0.589. The molecule has 0 unspecified atom stereocenters. The van der Waals surface area contributed by atoms with Crippen molar-refractivity contribution in [2.75, 3.05) is 13.2 Å². The first-order valence-electron chi connectivity index (χ1n) is 5.02. The van der Waals surface area contributed by atoms with Gasteiger partial charge in [0.1, 0.15) is 0 Å². The van der Waals surface area contributed by atoms with Crippen LogP contribution >= 0.6 is 0 Å². The number of esters is 2. The second-order valence-electron chi connectivity index (χ2n) is 2.94. The highest BCUT2D eigenvalue weighted by Crippen LogP contribution is 1.97. The summed E-state index contributed by atoms with van der Waals surface area (Å²) < 4.78 is 9.60. The average Bonchev–Trinajstić information content (AvgIpc) is 2.20. The molecule has 4 nitrogen and oxygen atoms in total. The van der Waals surface area contributed by atoms with Crippen LogP contribution in [0.4, 0.5) is 0 Å². The molecule has 0 heterocycles. The molecule has 0 saturated carbocycles. The van der Waals surface area contributed by atoms with E-state index in [1.807, 2.05) is 13.8 Å². The van der Waals surface area contributed by atoms with Crippen LogP contribution in [0.25, 0.3) is 0 Å². The van der Waals surface area contributed by atoms with Gasteiger partial charge in [0, 0.05) is 0 Å². The summed E-state index contributed by atoms with van der Waals surface area (Å²) in [4.78, 5) is 21.9. The van der Waals surface area contributed by atoms with Crippen LogP contribution in [0, 0.1) is 0 Å². The van der Waals surface area contributed by atoms with Gasteiger partial charge in [-0.15, -0.1) is 0 Å². The topological polar surface area (TPSA) is 52.6 Å². The van der Waals surface area contributed by atoms with Crippen molar-refractivity contribution in [2.24, 2.45) is 0 Å². The standard InChI is InChI=1S/C10H18O4/c1-3-7-13-9(11)5-6-10(12)14-8-4-2/h3-8H2,1-2H3. The van der Waals surface area contributed by atoms with E-state index in [1.54, 1.807) is 0 Å². The van der Waals surface area contributed by atoms with Crippen molar-refractivity contribution in [3.05, 3.63) is 0 Å². The molecule has 0 fully saturated rings. The molecule has 0 amide bonds. The van der Waals surface area contributed by atoms with Crippen molar-refractivity contribution in [2.45, 2.75) is 39.5 Å². The van der Waals surface area contributed by atoms with E-state index in [1.165, 1.54) is 0 Å². The second kappa shape index (κ2) is 8.53. The predicted molar refractivity (Wildman–Crippen MR) is 51.7 cm³/mol. The molecule has 0 aromatic carbocycles. The van der Waals surface area contributed by atoms with Crippen molar-refractivity contribution < 1.29 is 19.1 Å². The molecule has 0 rings (SSSR count). The Morgan fingerprint density at radius 2 is 1.21 bits per heavy atom. The van der Waals surface area contributed by atoms with Crippen LogP contribution in [0.1, 0.15) is 39.5 Å². The molecular weight excluding hydrogens is 184 g/mol. The highest BCUT2D eigenvalue weighted by molar-refractivity contribution is 5.77. The molecule has 0 aliphatic carbocycles. The number of hydrogen-bond acceptors (Lipinski definition) is 4. The Morgan fingerprint density at radius 3 is 1.50 bits per heavy atom. The molecule has 4 heteroatoms. The largest absolute Gasteiger partial charge is 0.466 e. The van der Waals surface area contributed by atoms with Crippen LogP contribution in [0.3, 0.4) is 0 Å². The van der Waals surface area contributed by atoms with Gasteiger partial charge in [0.05, 0.1) is 26.1 Å². The first kappa shape index (κ1) is 12.9. The maximum absolute atomic E-state index is 11.0. The number of rotatable bonds is 7. The molecular formula is C10H18O4. The fourth-order valence-corrected chi connectivity index (χ4v) is 0.780. The van der Waals surface area contributed by atoms with Gasteiger partial charge in [0.25, 0.3) is 0 Å². The van der Waals surface area contributed by atoms with Gasteiger partial charge in [-0.3, -0.25) is 9.59 Å². The first-order valence-corrected chi connectivity index (χ1v) is 5.02. The lowest BCUT2D eigenvalue weighted by Crippen LogP contribution is -2.10. The lowest BCUT2D eigenvalue weighted by atomic mass is 10.3. The van der Waals surface area contributed by atoms with E-state index in [0.717, 1.165) is 12.8 Å². The second-order valence-corrected chi connectivity index (χ2v) is 2.94. The van der Waals surface area contributed by atoms with Crippen molar-refractivity contribution in [1.82, 2.24) is 0 Å². The van der Waals surface area contributed by atoms with Gasteiger partial charge in [-0.1, -0.05) is 13.8 Å². The molecule has 0 atom stereocenters. The Kier molecular flexibility index (Phi) is 7.89. The van der Waals surface area contributed by atoms with E-state index in [4.69, 9.17) is 9.47 Å².